The lowest BCUT2D eigenvalue weighted by atomic mass is 10.1. The number of aromatic nitrogens is 3. The first-order valence-electron chi connectivity index (χ1n) is 8.16. The number of carbonyl (C=O) groups is 1. The van der Waals surface area contributed by atoms with E-state index in [0.717, 1.165) is 35.0 Å². The third kappa shape index (κ3) is 3.96. The molecule has 3 aromatic rings. The van der Waals surface area contributed by atoms with Gasteiger partial charge in [0.2, 0.25) is 11.1 Å². The number of hydrogen-bond acceptors (Lipinski definition) is 5. The number of thioether (sulfide) groups is 1. The molecule has 0 saturated carbocycles. The van der Waals surface area contributed by atoms with Crippen LogP contribution in [0, 0.1) is 24.4 Å². The SMILES string of the molecule is Cc1ccc(-c2nnc(S[C@H](C)C(=O)Nc3ccc(F)c(F)c3F)n2N)cc1. The van der Waals surface area contributed by atoms with Crippen molar-refractivity contribution in [3.63, 3.8) is 0 Å². The van der Waals surface area contributed by atoms with Crippen molar-refractivity contribution in [3.05, 3.63) is 59.4 Å². The molecule has 0 fully saturated rings. The second-order valence-electron chi connectivity index (χ2n) is 6.01. The Labute approximate surface area is 162 Å². The predicted octanol–water partition coefficient (Wildman–Crippen LogP) is 3.50. The highest BCUT2D eigenvalue weighted by Gasteiger charge is 2.22. The summed E-state index contributed by atoms with van der Waals surface area (Å²) in [7, 11) is 0. The smallest absolute Gasteiger partial charge is 0.237 e. The van der Waals surface area contributed by atoms with E-state index in [2.05, 4.69) is 15.5 Å². The van der Waals surface area contributed by atoms with Crippen LogP contribution in [0.1, 0.15) is 12.5 Å². The van der Waals surface area contributed by atoms with E-state index >= 15 is 0 Å². The molecule has 0 aliphatic heterocycles. The summed E-state index contributed by atoms with van der Waals surface area (Å²) in [6.07, 6.45) is 0. The van der Waals surface area contributed by atoms with Crippen molar-refractivity contribution < 1.29 is 18.0 Å². The molecule has 146 valence electrons. The van der Waals surface area contributed by atoms with Crippen molar-refractivity contribution in [2.24, 2.45) is 0 Å². The number of halogens is 3. The molecule has 1 aromatic heterocycles. The molecule has 0 unspecified atom stereocenters. The minimum absolute atomic E-state index is 0.268. The van der Waals surface area contributed by atoms with Crippen LogP contribution in [0.15, 0.2) is 41.6 Å². The van der Waals surface area contributed by atoms with Crippen LogP contribution in [0.5, 0.6) is 0 Å². The molecule has 3 rings (SSSR count). The number of carbonyl (C=O) groups excluding carboxylic acids is 1. The molecule has 0 spiro atoms. The highest BCUT2D eigenvalue weighted by molar-refractivity contribution is 8.00. The summed E-state index contributed by atoms with van der Waals surface area (Å²) >= 11 is 0.991. The molecule has 0 bridgehead atoms. The van der Waals surface area contributed by atoms with Crippen molar-refractivity contribution in [2.75, 3.05) is 11.2 Å². The van der Waals surface area contributed by atoms with E-state index in [9.17, 15) is 18.0 Å². The molecule has 0 radical (unpaired) electrons. The monoisotopic (exact) mass is 407 g/mol. The van der Waals surface area contributed by atoms with Gasteiger partial charge < -0.3 is 11.2 Å². The highest BCUT2D eigenvalue weighted by atomic mass is 32.2. The number of aryl methyl sites for hydroxylation is 1. The average Bonchev–Trinajstić information content (AvgIpc) is 3.03. The lowest BCUT2D eigenvalue weighted by Crippen LogP contribution is -2.24. The van der Waals surface area contributed by atoms with Crippen molar-refractivity contribution >= 4 is 23.4 Å². The van der Waals surface area contributed by atoms with Gasteiger partial charge in [-0.15, -0.1) is 10.2 Å². The third-order valence-corrected chi connectivity index (χ3v) is 4.98. The van der Waals surface area contributed by atoms with Crippen LogP contribution in [0.25, 0.3) is 11.4 Å². The fourth-order valence-electron chi connectivity index (χ4n) is 2.33. The van der Waals surface area contributed by atoms with Crippen molar-refractivity contribution in [1.82, 2.24) is 14.9 Å². The Hall–Kier alpha value is -3.01. The maximum atomic E-state index is 13.7. The van der Waals surface area contributed by atoms with E-state index in [1.807, 2.05) is 31.2 Å². The Morgan fingerprint density at radius 3 is 2.46 bits per heavy atom. The Bertz CT molecular complexity index is 1020. The lowest BCUT2D eigenvalue weighted by Gasteiger charge is -2.12. The Kier molecular flexibility index (Phi) is 5.59. The number of rotatable bonds is 5. The van der Waals surface area contributed by atoms with E-state index in [0.29, 0.717) is 5.82 Å². The number of hydrogen-bond donors (Lipinski definition) is 2. The maximum absolute atomic E-state index is 13.7. The summed E-state index contributed by atoms with van der Waals surface area (Å²) < 4.78 is 41.2. The maximum Gasteiger partial charge on any atom is 0.237 e. The molecule has 1 amide bonds. The normalized spacial score (nSPS) is 12.0. The summed E-state index contributed by atoms with van der Waals surface area (Å²) in [4.78, 5) is 12.3. The summed E-state index contributed by atoms with van der Waals surface area (Å²) in [5.74, 6) is 1.36. The Morgan fingerprint density at radius 1 is 1.11 bits per heavy atom. The van der Waals surface area contributed by atoms with Gasteiger partial charge in [0.15, 0.2) is 23.3 Å². The van der Waals surface area contributed by atoms with Gasteiger partial charge in [-0.2, -0.15) is 0 Å². The van der Waals surface area contributed by atoms with E-state index in [4.69, 9.17) is 5.84 Å². The molecule has 0 aliphatic rings. The number of nitrogen functional groups attached to an aromatic ring is 1. The number of benzene rings is 2. The standard InChI is InChI=1S/C18H16F3N5OS/c1-9-3-5-11(6-4-9)16-24-25-18(26(16)22)28-10(2)17(27)23-13-8-7-12(19)14(20)15(13)21/h3-8,10H,22H2,1-2H3,(H,23,27)/t10-/m1/s1. The number of anilines is 1. The van der Waals surface area contributed by atoms with Gasteiger partial charge in [0.1, 0.15) is 0 Å². The predicted molar refractivity (Wildman–Crippen MR) is 101 cm³/mol. The molecule has 2 aromatic carbocycles. The molecule has 28 heavy (non-hydrogen) atoms. The molecule has 3 N–H and O–H groups in total. The number of nitrogens with zero attached hydrogens (tertiary/aromatic N) is 3. The van der Waals surface area contributed by atoms with Crippen LogP contribution in [-0.2, 0) is 4.79 Å². The zero-order chi connectivity index (χ0) is 20.4. The number of nitrogens with one attached hydrogen (secondary N) is 1. The average molecular weight is 407 g/mol. The quantitative estimate of drug-likeness (QED) is 0.384. The van der Waals surface area contributed by atoms with Crippen molar-refractivity contribution in [1.29, 1.82) is 0 Å². The van der Waals surface area contributed by atoms with E-state index < -0.39 is 34.3 Å². The van der Waals surface area contributed by atoms with E-state index in [1.165, 1.54) is 11.6 Å². The molecule has 0 saturated heterocycles. The van der Waals surface area contributed by atoms with Crippen LogP contribution >= 0.6 is 11.8 Å². The molecular formula is C18H16F3N5OS. The number of amides is 1. The molecule has 10 heteroatoms. The first-order valence-corrected chi connectivity index (χ1v) is 9.04. The summed E-state index contributed by atoms with van der Waals surface area (Å²) in [5, 5.41) is 9.74. The molecule has 0 aliphatic carbocycles. The first kappa shape index (κ1) is 19.7. The Morgan fingerprint density at radius 2 is 1.79 bits per heavy atom. The van der Waals surface area contributed by atoms with Crippen molar-refractivity contribution in [2.45, 2.75) is 24.3 Å². The number of nitrogens with two attached hydrogens (primary N) is 1. The molecule has 6 nitrogen and oxygen atoms in total. The topological polar surface area (TPSA) is 85.8 Å². The van der Waals surface area contributed by atoms with Crippen LogP contribution in [0.3, 0.4) is 0 Å². The molecule has 1 heterocycles. The second-order valence-corrected chi connectivity index (χ2v) is 7.32. The molecule has 1 atom stereocenters. The van der Waals surface area contributed by atoms with Gasteiger partial charge in [0, 0.05) is 5.56 Å². The third-order valence-electron chi connectivity index (χ3n) is 3.92. The van der Waals surface area contributed by atoms with Crippen LogP contribution in [0.4, 0.5) is 18.9 Å². The van der Waals surface area contributed by atoms with Gasteiger partial charge in [-0.05, 0) is 26.0 Å². The second kappa shape index (κ2) is 7.93. The minimum atomic E-state index is -1.65. The van der Waals surface area contributed by atoms with Gasteiger partial charge in [-0.3, -0.25) is 4.79 Å². The van der Waals surface area contributed by atoms with E-state index in [-0.39, 0.29) is 5.16 Å². The summed E-state index contributed by atoms with van der Waals surface area (Å²) in [6, 6.07) is 9.19. The van der Waals surface area contributed by atoms with Crippen LogP contribution < -0.4 is 11.2 Å². The van der Waals surface area contributed by atoms with Gasteiger partial charge in [-0.1, -0.05) is 41.6 Å². The van der Waals surface area contributed by atoms with E-state index in [1.54, 1.807) is 0 Å². The lowest BCUT2D eigenvalue weighted by molar-refractivity contribution is -0.115. The fourth-order valence-corrected chi connectivity index (χ4v) is 3.10. The molecular weight excluding hydrogens is 391 g/mol. The van der Waals surface area contributed by atoms with Gasteiger partial charge in [0.05, 0.1) is 10.9 Å². The zero-order valence-corrected chi connectivity index (χ0v) is 15.7. The van der Waals surface area contributed by atoms with Gasteiger partial charge >= 0.3 is 0 Å². The highest BCUT2D eigenvalue weighted by Crippen LogP contribution is 2.26. The largest absolute Gasteiger partial charge is 0.335 e. The van der Waals surface area contributed by atoms with Gasteiger partial charge in [-0.25, -0.2) is 17.8 Å². The zero-order valence-electron chi connectivity index (χ0n) is 14.9. The fraction of sp³-hybridized carbons (Fsp3) is 0.167. The van der Waals surface area contributed by atoms with Crippen molar-refractivity contribution in [3.8, 4) is 11.4 Å². The summed E-state index contributed by atoms with van der Waals surface area (Å²) in [6.45, 7) is 3.49. The van der Waals surface area contributed by atoms with Gasteiger partial charge in [0.25, 0.3) is 0 Å². The minimum Gasteiger partial charge on any atom is -0.335 e. The summed E-state index contributed by atoms with van der Waals surface area (Å²) in [5.41, 5.74) is 1.38. The van der Waals surface area contributed by atoms with Crippen LogP contribution in [-0.4, -0.2) is 26.0 Å². The first-order chi connectivity index (χ1) is 13.3. The van der Waals surface area contributed by atoms with Crippen LogP contribution in [0.2, 0.25) is 0 Å². The Balaban J connectivity index is 1.73.